The van der Waals surface area contributed by atoms with E-state index in [1.54, 1.807) is 12.1 Å². The summed E-state index contributed by atoms with van der Waals surface area (Å²) in [7, 11) is 0. The van der Waals surface area contributed by atoms with Gasteiger partial charge in [0.1, 0.15) is 0 Å². The van der Waals surface area contributed by atoms with Gasteiger partial charge in [-0.1, -0.05) is 30.3 Å². The maximum atomic E-state index is 11.7. The van der Waals surface area contributed by atoms with E-state index in [4.69, 9.17) is 9.15 Å². The number of hydrogen-bond acceptors (Lipinski definition) is 4. The third kappa shape index (κ3) is 3.21. The molecule has 1 heterocycles. The third-order valence-electron chi connectivity index (χ3n) is 3.75. The molecule has 0 radical (unpaired) electrons. The van der Waals surface area contributed by atoms with Crippen LogP contribution in [-0.2, 0) is 6.42 Å². The van der Waals surface area contributed by atoms with Gasteiger partial charge < -0.3 is 14.3 Å². The Kier molecular flexibility index (Phi) is 4.33. The van der Waals surface area contributed by atoms with Crippen molar-refractivity contribution in [2.24, 2.45) is 0 Å². The fourth-order valence-electron chi connectivity index (χ4n) is 2.57. The number of phenolic OH excluding ortho intramolecular Hbond substituents is 1. The predicted molar refractivity (Wildman–Crippen MR) is 88.1 cm³/mol. The number of hydrogen-bond donors (Lipinski definition) is 1. The second kappa shape index (κ2) is 6.57. The van der Waals surface area contributed by atoms with E-state index < -0.39 is 0 Å². The van der Waals surface area contributed by atoms with Crippen LogP contribution in [0.3, 0.4) is 0 Å². The van der Waals surface area contributed by atoms with Crippen molar-refractivity contribution in [3.8, 4) is 11.5 Å². The normalized spacial score (nSPS) is 10.8. The van der Waals surface area contributed by atoms with Crippen molar-refractivity contribution in [1.29, 1.82) is 0 Å². The monoisotopic (exact) mass is 310 g/mol. The number of ether oxygens (including phenoxy) is 1. The molecule has 0 spiro atoms. The molecule has 118 valence electrons. The minimum Gasteiger partial charge on any atom is -0.504 e. The smallest absolute Gasteiger partial charge is 0.205 e. The van der Waals surface area contributed by atoms with Crippen LogP contribution in [0.1, 0.15) is 29.3 Å². The second-order valence-electron chi connectivity index (χ2n) is 5.43. The standard InChI is InChI=1S/C19H18O4/c1-13(20)16-12-15-9-11-23-18(15)19(17(16)21)22-10-5-8-14-6-3-2-4-7-14/h2-4,6-7,9,11-12,21H,5,8,10H2,1H3. The number of benzene rings is 2. The number of fused-ring (bicyclic) bond motifs is 1. The maximum Gasteiger partial charge on any atom is 0.205 e. The number of carbonyl (C=O) groups excluding carboxylic acids is 1. The second-order valence-corrected chi connectivity index (χ2v) is 5.43. The minimum absolute atomic E-state index is 0.153. The van der Waals surface area contributed by atoms with E-state index in [0.29, 0.717) is 12.2 Å². The zero-order chi connectivity index (χ0) is 16.2. The molecule has 0 unspecified atom stereocenters. The first-order valence-corrected chi connectivity index (χ1v) is 7.57. The van der Waals surface area contributed by atoms with Gasteiger partial charge in [0.2, 0.25) is 5.75 Å². The highest BCUT2D eigenvalue weighted by atomic mass is 16.5. The van der Waals surface area contributed by atoms with E-state index >= 15 is 0 Å². The Morgan fingerprint density at radius 1 is 1.22 bits per heavy atom. The van der Waals surface area contributed by atoms with Crippen molar-refractivity contribution in [3.05, 3.63) is 59.9 Å². The molecule has 2 aromatic carbocycles. The molecule has 1 aromatic heterocycles. The molecular formula is C19H18O4. The Morgan fingerprint density at radius 3 is 2.74 bits per heavy atom. The van der Waals surface area contributed by atoms with Crippen molar-refractivity contribution in [3.63, 3.8) is 0 Å². The molecule has 3 aromatic rings. The lowest BCUT2D eigenvalue weighted by Gasteiger charge is -2.11. The van der Waals surface area contributed by atoms with Crippen LogP contribution < -0.4 is 4.74 Å². The molecule has 3 rings (SSSR count). The number of carbonyl (C=O) groups is 1. The molecule has 0 aliphatic heterocycles. The third-order valence-corrected chi connectivity index (χ3v) is 3.75. The van der Waals surface area contributed by atoms with E-state index in [1.807, 2.05) is 18.2 Å². The molecule has 4 nitrogen and oxygen atoms in total. The summed E-state index contributed by atoms with van der Waals surface area (Å²) in [6.45, 7) is 1.85. The van der Waals surface area contributed by atoms with Crippen LogP contribution in [0.25, 0.3) is 11.0 Å². The Morgan fingerprint density at radius 2 is 2.00 bits per heavy atom. The first kappa shape index (κ1) is 15.2. The van der Waals surface area contributed by atoms with E-state index in [9.17, 15) is 9.90 Å². The minimum atomic E-state index is -0.209. The Bertz CT molecular complexity index is 818. The summed E-state index contributed by atoms with van der Waals surface area (Å²) in [6.07, 6.45) is 3.20. The van der Waals surface area contributed by atoms with Gasteiger partial charge in [-0.05, 0) is 37.5 Å². The van der Waals surface area contributed by atoms with Crippen LogP contribution in [0, 0.1) is 0 Å². The van der Waals surface area contributed by atoms with E-state index in [1.165, 1.54) is 18.8 Å². The molecule has 1 N–H and O–H groups in total. The van der Waals surface area contributed by atoms with Gasteiger partial charge >= 0.3 is 0 Å². The van der Waals surface area contributed by atoms with Gasteiger partial charge in [0.05, 0.1) is 18.4 Å². The number of aromatic hydroxyl groups is 1. The number of aryl methyl sites for hydroxylation is 1. The van der Waals surface area contributed by atoms with Gasteiger partial charge in [0.15, 0.2) is 17.1 Å². The van der Waals surface area contributed by atoms with Crippen LogP contribution in [0.2, 0.25) is 0 Å². The average Bonchev–Trinajstić information content (AvgIpc) is 3.01. The van der Waals surface area contributed by atoms with E-state index in [-0.39, 0.29) is 22.8 Å². The highest BCUT2D eigenvalue weighted by Crippen LogP contribution is 2.39. The first-order chi connectivity index (χ1) is 11.2. The zero-order valence-electron chi connectivity index (χ0n) is 12.9. The summed E-state index contributed by atoms with van der Waals surface area (Å²) >= 11 is 0. The fourth-order valence-corrected chi connectivity index (χ4v) is 2.57. The lowest BCUT2D eigenvalue weighted by Crippen LogP contribution is -2.02. The van der Waals surface area contributed by atoms with Crippen molar-refractivity contribution in [2.45, 2.75) is 19.8 Å². The van der Waals surface area contributed by atoms with Crippen LogP contribution in [0.15, 0.2) is 53.1 Å². The molecule has 0 saturated heterocycles. The van der Waals surface area contributed by atoms with Gasteiger partial charge in [-0.2, -0.15) is 0 Å². The Labute approximate surface area is 134 Å². The first-order valence-electron chi connectivity index (χ1n) is 7.57. The van der Waals surface area contributed by atoms with E-state index in [0.717, 1.165) is 18.2 Å². The summed E-state index contributed by atoms with van der Waals surface area (Å²) in [6, 6.07) is 13.5. The lowest BCUT2D eigenvalue weighted by molar-refractivity contribution is 0.101. The number of phenols is 1. The van der Waals surface area contributed by atoms with Crippen molar-refractivity contribution in [1.82, 2.24) is 0 Å². The van der Waals surface area contributed by atoms with E-state index in [2.05, 4.69) is 12.1 Å². The fraction of sp³-hybridized carbons (Fsp3) is 0.211. The van der Waals surface area contributed by atoms with Crippen molar-refractivity contribution in [2.75, 3.05) is 6.61 Å². The summed E-state index contributed by atoms with van der Waals surface area (Å²) < 4.78 is 11.1. The summed E-state index contributed by atoms with van der Waals surface area (Å²) in [5.74, 6) is -0.120. The number of ketones is 1. The molecule has 0 aliphatic carbocycles. The van der Waals surface area contributed by atoms with Crippen LogP contribution >= 0.6 is 0 Å². The Balaban J connectivity index is 1.75. The molecule has 0 atom stereocenters. The molecule has 0 amide bonds. The van der Waals surface area contributed by atoms with Crippen molar-refractivity contribution >= 4 is 16.8 Å². The molecule has 0 fully saturated rings. The van der Waals surface area contributed by atoms with Crippen LogP contribution in [0.4, 0.5) is 0 Å². The van der Waals surface area contributed by atoms with Gasteiger partial charge in [-0.25, -0.2) is 0 Å². The maximum absolute atomic E-state index is 11.7. The van der Waals surface area contributed by atoms with Gasteiger partial charge in [-0.15, -0.1) is 0 Å². The van der Waals surface area contributed by atoms with Gasteiger partial charge in [-0.3, -0.25) is 4.79 Å². The van der Waals surface area contributed by atoms with Gasteiger partial charge in [0.25, 0.3) is 0 Å². The summed E-state index contributed by atoms with van der Waals surface area (Å²) in [5.41, 5.74) is 1.95. The molecule has 0 aliphatic rings. The Hall–Kier alpha value is -2.75. The summed E-state index contributed by atoms with van der Waals surface area (Å²) in [4.78, 5) is 11.7. The van der Waals surface area contributed by atoms with Gasteiger partial charge in [0, 0.05) is 5.39 Å². The summed E-state index contributed by atoms with van der Waals surface area (Å²) in [5, 5.41) is 11.0. The average molecular weight is 310 g/mol. The molecule has 23 heavy (non-hydrogen) atoms. The molecule has 0 bridgehead atoms. The number of Topliss-reactive ketones (excluding diaryl/α,β-unsaturated/α-hetero) is 1. The number of furan rings is 1. The van der Waals surface area contributed by atoms with Crippen LogP contribution in [0.5, 0.6) is 11.5 Å². The highest BCUT2D eigenvalue weighted by Gasteiger charge is 2.19. The largest absolute Gasteiger partial charge is 0.504 e. The lowest BCUT2D eigenvalue weighted by atomic mass is 10.1. The SMILES string of the molecule is CC(=O)c1cc2ccoc2c(OCCCc2ccccc2)c1O. The van der Waals surface area contributed by atoms with Crippen LogP contribution in [-0.4, -0.2) is 17.5 Å². The topological polar surface area (TPSA) is 59.7 Å². The predicted octanol–water partition coefficient (Wildman–Crippen LogP) is 4.35. The number of rotatable bonds is 6. The molecular weight excluding hydrogens is 292 g/mol. The highest BCUT2D eigenvalue weighted by molar-refractivity contribution is 6.03. The zero-order valence-corrected chi connectivity index (χ0v) is 12.9. The molecule has 0 saturated carbocycles. The quantitative estimate of drug-likeness (QED) is 0.543. The van der Waals surface area contributed by atoms with Crippen molar-refractivity contribution < 1.29 is 19.1 Å². The molecule has 4 heteroatoms.